The zero-order valence-electron chi connectivity index (χ0n) is 48.5. The zero-order valence-corrected chi connectivity index (χ0v) is 48.5. The smallest absolute Gasteiger partial charge is 0.311 e. The molecule has 436 valence electrons. The largest absolute Gasteiger partial charge is 0.481 e. The van der Waals surface area contributed by atoms with Crippen molar-refractivity contribution in [1.29, 1.82) is 0 Å². The molecule has 0 radical (unpaired) electrons. The average molecular weight is 1070 g/mol. The van der Waals surface area contributed by atoms with E-state index >= 15 is 0 Å². The summed E-state index contributed by atoms with van der Waals surface area (Å²) in [5.74, 6) is 14.4. The molecular formula is C64H108O12. The van der Waals surface area contributed by atoms with Crippen molar-refractivity contribution < 1.29 is 57.6 Å². The van der Waals surface area contributed by atoms with Gasteiger partial charge in [-0.05, 0) is 246 Å². The van der Waals surface area contributed by atoms with E-state index in [-0.39, 0.29) is 91.3 Å². The summed E-state index contributed by atoms with van der Waals surface area (Å²) in [6.07, 6.45) is 21.3. The SMILES string of the molecule is C.C.CC(=O)O.CC(=O)OC(C)(C)C.CC1(C)OC(=O)C2C3C4CCC(C4)C3C21.CCC(C)(C)C(=O)OC1CC2CC1C1C3CCC(C3)C21.CCC(C)C(=O)OC.CCC(C)C(=O)OC1CC2CC1C1C3CCC(C3)C21. The lowest BCUT2D eigenvalue weighted by atomic mass is 9.49. The zero-order chi connectivity index (χ0) is 54.5. The molecule has 12 aliphatic rings. The van der Waals surface area contributed by atoms with Crippen molar-refractivity contribution in [3.8, 4) is 0 Å². The summed E-state index contributed by atoms with van der Waals surface area (Å²) in [5, 5.41) is 7.42. The van der Waals surface area contributed by atoms with Crippen LogP contribution in [0.15, 0.2) is 0 Å². The van der Waals surface area contributed by atoms with Crippen LogP contribution in [0, 0.1) is 124 Å². The maximum Gasteiger partial charge on any atom is 0.311 e. The Morgan fingerprint density at radius 1 is 0.605 bits per heavy atom. The van der Waals surface area contributed by atoms with E-state index in [2.05, 4.69) is 32.4 Å². The van der Waals surface area contributed by atoms with Gasteiger partial charge < -0.3 is 28.8 Å². The molecule has 12 nitrogen and oxygen atoms in total. The highest BCUT2D eigenvalue weighted by molar-refractivity contribution is 5.78. The minimum absolute atomic E-state index is 0. The molecule has 0 aromatic heterocycles. The molecule has 0 aromatic carbocycles. The Kier molecular flexibility index (Phi) is 21.0. The number of ether oxygens (including phenoxy) is 5. The first-order valence-electron chi connectivity index (χ1n) is 29.8. The monoisotopic (exact) mass is 1070 g/mol. The lowest BCUT2D eigenvalue weighted by Gasteiger charge is -2.52. The Morgan fingerprint density at radius 2 is 1.00 bits per heavy atom. The average Bonchev–Trinajstić information content (AvgIpc) is 4.17. The van der Waals surface area contributed by atoms with Gasteiger partial charge in [0.15, 0.2) is 0 Å². The Bertz CT molecular complexity index is 2020. The molecule has 76 heavy (non-hydrogen) atoms. The summed E-state index contributed by atoms with van der Waals surface area (Å²) in [5.41, 5.74) is -0.810. The van der Waals surface area contributed by atoms with Crippen LogP contribution in [-0.4, -0.2) is 71.4 Å². The first-order chi connectivity index (χ1) is 34.7. The molecule has 0 amide bonds. The van der Waals surface area contributed by atoms with Gasteiger partial charge in [-0.1, -0.05) is 49.5 Å². The molecular weight excluding hydrogens is 961 g/mol. The normalized spacial score (nSPS) is 40.0. The van der Waals surface area contributed by atoms with E-state index in [9.17, 15) is 24.0 Å². The molecule has 12 rings (SSSR count). The van der Waals surface area contributed by atoms with Gasteiger partial charge in [0, 0.05) is 19.8 Å². The lowest BCUT2D eigenvalue weighted by molar-refractivity contribution is -0.165. The van der Waals surface area contributed by atoms with Gasteiger partial charge in [-0.15, -0.1) is 0 Å². The fourth-order valence-corrected chi connectivity index (χ4v) is 18.3. The van der Waals surface area contributed by atoms with Crippen molar-refractivity contribution >= 4 is 35.8 Å². The Labute approximate surface area is 460 Å². The van der Waals surface area contributed by atoms with Crippen LogP contribution >= 0.6 is 0 Å². The van der Waals surface area contributed by atoms with Crippen LogP contribution in [0.3, 0.4) is 0 Å². The topological polar surface area (TPSA) is 169 Å². The molecule has 12 fully saturated rings. The summed E-state index contributed by atoms with van der Waals surface area (Å²) in [6.45, 7) is 26.2. The summed E-state index contributed by atoms with van der Waals surface area (Å²) in [7, 11) is 1.41. The summed E-state index contributed by atoms with van der Waals surface area (Å²) >= 11 is 0. The van der Waals surface area contributed by atoms with Crippen molar-refractivity contribution in [3.05, 3.63) is 0 Å². The molecule has 11 aliphatic carbocycles. The third-order valence-corrected chi connectivity index (χ3v) is 21.7. The first kappa shape index (κ1) is 63.6. The first-order valence-corrected chi connectivity index (χ1v) is 29.8. The number of cyclic esters (lactones) is 1. The molecule has 1 saturated heterocycles. The highest BCUT2D eigenvalue weighted by Gasteiger charge is 2.72. The predicted octanol–water partition coefficient (Wildman–Crippen LogP) is 13.8. The predicted molar refractivity (Wildman–Crippen MR) is 296 cm³/mol. The van der Waals surface area contributed by atoms with Crippen LogP contribution < -0.4 is 0 Å². The summed E-state index contributed by atoms with van der Waals surface area (Å²) in [6, 6.07) is 0. The van der Waals surface area contributed by atoms with Crippen LogP contribution in [-0.2, 0) is 52.5 Å². The van der Waals surface area contributed by atoms with E-state index in [0.717, 1.165) is 109 Å². The number of carbonyl (C=O) groups excluding carboxylic acids is 5. The number of esters is 5. The molecule has 22 atom stereocenters. The fraction of sp³-hybridized carbons (Fsp3) is 0.906. The second kappa shape index (κ2) is 25.1. The number of rotatable bonds is 8. The standard InChI is InChI=1S/C18H28O2.C17H26O2.C13H18O2.2C6H12O2.C2H4O2.2CH4/c1-4-18(2,3)17(19)20-14-9-12-8-13(14)16-11-6-5-10(7-11)15(12)16;1-3-9(2)17(18)19-14-8-12-7-13(14)16-11-5-4-10(6-11)15(12)16;1-13(2)11-9-7-4-3-6(5-7)8(9)10(11)12(14)15-13;1-5(7)8-6(2,3)4;1-4-5(2)6(7)8-3;1-2(3)4;;/h10-16H,4-9H2,1-3H3;9-16H,3-8H2,1-2H3;6-11H,3-5H2,1-2H3;1-4H3;5H,4H2,1-3H3;1H3,(H,3,4);2*1H4. The summed E-state index contributed by atoms with van der Waals surface area (Å²) < 4.78 is 26.7. The number of hydrogen-bond donors (Lipinski definition) is 1. The van der Waals surface area contributed by atoms with Crippen LogP contribution in [0.2, 0.25) is 0 Å². The van der Waals surface area contributed by atoms with Crippen molar-refractivity contribution in [1.82, 2.24) is 0 Å². The van der Waals surface area contributed by atoms with Crippen LogP contribution in [0.5, 0.6) is 0 Å². The van der Waals surface area contributed by atoms with E-state index in [0.29, 0.717) is 17.8 Å². The van der Waals surface area contributed by atoms with Gasteiger partial charge in [0.1, 0.15) is 23.4 Å². The highest BCUT2D eigenvalue weighted by Crippen LogP contribution is 2.72. The lowest BCUT2D eigenvalue weighted by Crippen LogP contribution is -2.54. The van der Waals surface area contributed by atoms with E-state index in [1.165, 1.54) is 97.5 Å². The van der Waals surface area contributed by atoms with Gasteiger partial charge in [0.05, 0.1) is 30.3 Å². The molecule has 12 heteroatoms. The third-order valence-electron chi connectivity index (χ3n) is 21.7. The van der Waals surface area contributed by atoms with Crippen molar-refractivity contribution in [2.75, 3.05) is 7.11 Å². The number of carboxylic acid groups (broad SMARTS) is 1. The number of aliphatic carboxylic acids is 1. The number of carbonyl (C=O) groups is 6. The van der Waals surface area contributed by atoms with Gasteiger partial charge in [-0.2, -0.15) is 0 Å². The summed E-state index contributed by atoms with van der Waals surface area (Å²) in [4.78, 5) is 66.0. The maximum atomic E-state index is 12.4. The molecule has 0 spiro atoms. The van der Waals surface area contributed by atoms with Crippen molar-refractivity contribution in [2.45, 2.75) is 238 Å². The van der Waals surface area contributed by atoms with Gasteiger partial charge in [0.25, 0.3) is 5.97 Å². The second-order valence-corrected chi connectivity index (χ2v) is 27.9. The van der Waals surface area contributed by atoms with Crippen LogP contribution in [0.25, 0.3) is 0 Å². The molecule has 1 heterocycles. The van der Waals surface area contributed by atoms with E-state index in [1.54, 1.807) is 0 Å². The third kappa shape index (κ3) is 13.0. The van der Waals surface area contributed by atoms with E-state index in [4.69, 9.17) is 28.8 Å². The quantitative estimate of drug-likeness (QED) is 0.139. The maximum absolute atomic E-state index is 12.4. The highest BCUT2D eigenvalue weighted by atomic mass is 16.6. The molecule has 1 N–H and O–H groups in total. The number of hydrogen-bond acceptors (Lipinski definition) is 11. The second-order valence-electron chi connectivity index (χ2n) is 27.9. The minimum Gasteiger partial charge on any atom is -0.481 e. The molecule has 1 aliphatic heterocycles. The van der Waals surface area contributed by atoms with Crippen LogP contribution in [0.1, 0.15) is 215 Å². The van der Waals surface area contributed by atoms with Gasteiger partial charge in [-0.3, -0.25) is 28.8 Å². The molecule has 11 saturated carbocycles. The van der Waals surface area contributed by atoms with Gasteiger partial charge in [-0.25, -0.2) is 0 Å². The Balaban J connectivity index is 0.000000179. The van der Waals surface area contributed by atoms with Gasteiger partial charge in [0.2, 0.25) is 0 Å². The Hall–Kier alpha value is -3.18. The molecule has 10 bridgehead atoms. The fourth-order valence-electron chi connectivity index (χ4n) is 18.3. The molecule has 0 aromatic rings. The van der Waals surface area contributed by atoms with E-state index < -0.39 is 5.97 Å². The van der Waals surface area contributed by atoms with Crippen molar-refractivity contribution in [2.24, 2.45) is 124 Å². The van der Waals surface area contributed by atoms with E-state index in [1.807, 2.05) is 55.4 Å². The number of methoxy groups -OCH3 is 1. The van der Waals surface area contributed by atoms with Crippen LogP contribution in [0.4, 0.5) is 0 Å². The van der Waals surface area contributed by atoms with Gasteiger partial charge >= 0.3 is 29.8 Å². The van der Waals surface area contributed by atoms with Crippen molar-refractivity contribution in [3.63, 3.8) is 0 Å². The number of fused-ring (bicyclic) bond motifs is 26. The number of carboxylic acids is 1. The Morgan fingerprint density at radius 3 is 1.37 bits per heavy atom. The molecule has 22 unspecified atom stereocenters. The minimum atomic E-state index is -0.833.